The highest BCUT2D eigenvalue weighted by Gasteiger charge is 2.09. The zero-order chi connectivity index (χ0) is 9.42. The molecule has 2 aromatic heterocycles. The van der Waals surface area contributed by atoms with Crippen LogP contribution in [0.1, 0.15) is 17.3 Å². The van der Waals surface area contributed by atoms with Gasteiger partial charge in [0.25, 0.3) is 0 Å². The van der Waals surface area contributed by atoms with Crippen molar-refractivity contribution < 1.29 is 4.79 Å². The van der Waals surface area contributed by atoms with Gasteiger partial charge in [0.05, 0.1) is 5.52 Å². The lowest BCUT2D eigenvalue weighted by molar-refractivity contribution is 0.101. The lowest BCUT2D eigenvalue weighted by Gasteiger charge is -1.99. The highest BCUT2D eigenvalue weighted by atomic mass is 79.9. The van der Waals surface area contributed by atoms with Gasteiger partial charge >= 0.3 is 0 Å². The summed E-state index contributed by atoms with van der Waals surface area (Å²) < 4.78 is 2.53. The van der Waals surface area contributed by atoms with E-state index in [1.807, 2.05) is 16.7 Å². The van der Waals surface area contributed by atoms with Crippen LogP contribution < -0.4 is 0 Å². The molecule has 66 valence electrons. The Kier molecular flexibility index (Phi) is 1.92. The van der Waals surface area contributed by atoms with E-state index >= 15 is 0 Å². The van der Waals surface area contributed by atoms with Crippen LogP contribution in [0.25, 0.3) is 5.52 Å². The molecule has 2 aromatic rings. The summed E-state index contributed by atoms with van der Waals surface area (Å²) in [5, 5.41) is 0. The summed E-state index contributed by atoms with van der Waals surface area (Å²) in [6.07, 6.45) is 3.53. The summed E-state index contributed by atoms with van der Waals surface area (Å²) in [5.41, 5.74) is 1.52. The van der Waals surface area contributed by atoms with Crippen molar-refractivity contribution in [2.24, 2.45) is 0 Å². The van der Waals surface area contributed by atoms with E-state index in [2.05, 4.69) is 20.9 Å². The maximum atomic E-state index is 11.2. The number of nitrogens with zero attached hydrogens (tertiary/aromatic N) is 2. The first-order valence-electron chi connectivity index (χ1n) is 3.82. The van der Waals surface area contributed by atoms with Crippen molar-refractivity contribution in [3.63, 3.8) is 0 Å². The van der Waals surface area contributed by atoms with Gasteiger partial charge in [-0.25, -0.2) is 4.98 Å². The van der Waals surface area contributed by atoms with Gasteiger partial charge in [0, 0.05) is 11.8 Å². The van der Waals surface area contributed by atoms with Crippen LogP contribution in [-0.4, -0.2) is 15.2 Å². The number of carbonyl (C=O) groups is 1. The quantitative estimate of drug-likeness (QED) is 0.715. The van der Waals surface area contributed by atoms with E-state index in [0.717, 1.165) is 5.52 Å². The van der Waals surface area contributed by atoms with Crippen molar-refractivity contribution in [3.05, 3.63) is 34.8 Å². The van der Waals surface area contributed by atoms with E-state index in [-0.39, 0.29) is 5.78 Å². The first kappa shape index (κ1) is 8.44. The molecule has 2 heterocycles. The maximum absolute atomic E-state index is 11.2. The van der Waals surface area contributed by atoms with Crippen molar-refractivity contribution in [2.45, 2.75) is 6.92 Å². The van der Waals surface area contributed by atoms with Crippen LogP contribution in [0.15, 0.2) is 29.3 Å². The number of rotatable bonds is 1. The van der Waals surface area contributed by atoms with Gasteiger partial charge < -0.3 is 4.40 Å². The Morgan fingerprint density at radius 1 is 1.62 bits per heavy atom. The molecule has 0 unspecified atom stereocenters. The molecule has 13 heavy (non-hydrogen) atoms. The summed E-state index contributed by atoms with van der Waals surface area (Å²) in [6, 6.07) is 3.63. The monoisotopic (exact) mass is 238 g/mol. The molecule has 4 heteroatoms. The predicted octanol–water partition coefficient (Wildman–Crippen LogP) is 2.30. The Morgan fingerprint density at radius 3 is 3.08 bits per heavy atom. The summed E-state index contributed by atoms with van der Waals surface area (Å²) in [6.45, 7) is 1.55. The smallest absolute Gasteiger partial charge is 0.162 e. The van der Waals surface area contributed by atoms with Gasteiger partial charge in [0.1, 0.15) is 10.9 Å². The predicted molar refractivity (Wildman–Crippen MR) is 52.9 cm³/mol. The van der Waals surface area contributed by atoms with Crippen LogP contribution in [0.3, 0.4) is 0 Å². The topological polar surface area (TPSA) is 34.4 Å². The van der Waals surface area contributed by atoms with Crippen molar-refractivity contribution >= 4 is 27.2 Å². The molecule has 0 saturated carbocycles. The van der Waals surface area contributed by atoms with Gasteiger partial charge in [-0.15, -0.1) is 0 Å². The Balaban J connectivity index is 2.88. The van der Waals surface area contributed by atoms with Crippen LogP contribution in [0, 0.1) is 0 Å². The van der Waals surface area contributed by atoms with Gasteiger partial charge in [-0.1, -0.05) is 0 Å². The number of hydrogen-bond acceptors (Lipinski definition) is 2. The van der Waals surface area contributed by atoms with Gasteiger partial charge in [-0.2, -0.15) is 0 Å². The van der Waals surface area contributed by atoms with Gasteiger partial charge in [-0.3, -0.25) is 4.79 Å². The highest BCUT2D eigenvalue weighted by molar-refractivity contribution is 9.10. The summed E-state index contributed by atoms with van der Waals surface area (Å²) in [7, 11) is 0. The first-order chi connectivity index (χ1) is 6.20. The minimum Gasteiger partial charge on any atom is -0.305 e. The number of imidazole rings is 1. The van der Waals surface area contributed by atoms with Gasteiger partial charge in [-0.05, 0) is 35.0 Å². The summed E-state index contributed by atoms with van der Waals surface area (Å²) in [5.74, 6) is 0.0480. The number of halogens is 1. The number of aromatic nitrogens is 2. The third-order valence-electron chi connectivity index (χ3n) is 1.89. The second kappa shape index (κ2) is 2.96. The Labute approximate surface area is 83.5 Å². The van der Waals surface area contributed by atoms with Gasteiger partial charge in [0.2, 0.25) is 0 Å². The van der Waals surface area contributed by atoms with E-state index in [1.165, 1.54) is 0 Å². The summed E-state index contributed by atoms with van der Waals surface area (Å²) in [4.78, 5) is 15.3. The van der Waals surface area contributed by atoms with E-state index in [1.54, 1.807) is 19.3 Å². The molecular formula is C9H7BrN2O. The Bertz CT molecular complexity index is 475. The van der Waals surface area contributed by atoms with Crippen molar-refractivity contribution in [1.82, 2.24) is 9.38 Å². The molecule has 0 radical (unpaired) electrons. The number of carbonyl (C=O) groups excluding carboxylic acids is 1. The molecular weight excluding hydrogens is 232 g/mol. The number of fused-ring (bicyclic) bond motifs is 1. The number of ketones is 1. The van der Waals surface area contributed by atoms with E-state index in [4.69, 9.17) is 0 Å². The Hall–Kier alpha value is -1.16. The van der Waals surface area contributed by atoms with E-state index in [0.29, 0.717) is 10.2 Å². The lowest BCUT2D eigenvalue weighted by atomic mass is 10.2. The molecule has 0 bridgehead atoms. The fourth-order valence-corrected chi connectivity index (χ4v) is 1.81. The van der Waals surface area contributed by atoms with E-state index < -0.39 is 0 Å². The molecule has 0 saturated heterocycles. The molecule has 0 aliphatic heterocycles. The third kappa shape index (κ3) is 1.27. The van der Waals surface area contributed by atoms with Crippen LogP contribution in [0.5, 0.6) is 0 Å². The molecule has 0 aliphatic carbocycles. The van der Waals surface area contributed by atoms with Gasteiger partial charge in [0.15, 0.2) is 5.78 Å². The largest absolute Gasteiger partial charge is 0.305 e. The van der Waals surface area contributed by atoms with Crippen molar-refractivity contribution in [3.8, 4) is 0 Å². The Morgan fingerprint density at radius 2 is 2.38 bits per heavy atom. The third-order valence-corrected chi connectivity index (χ3v) is 2.47. The second-order valence-electron chi connectivity index (χ2n) is 2.77. The van der Waals surface area contributed by atoms with Crippen molar-refractivity contribution in [2.75, 3.05) is 0 Å². The van der Waals surface area contributed by atoms with Crippen LogP contribution in [-0.2, 0) is 0 Å². The molecule has 0 aromatic carbocycles. The lowest BCUT2D eigenvalue weighted by Crippen LogP contribution is -1.95. The highest BCUT2D eigenvalue weighted by Crippen LogP contribution is 2.20. The molecule has 0 atom stereocenters. The normalized spacial score (nSPS) is 10.6. The molecule has 2 rings (SSSR count). The first-order valence-corrected chi connectivity index (χ1v) is 4.61. The SMILES string of the molecule is CC(=O)c1cccn2cnc(Br)c12. The zero-order valence-corrected chi connectivity index (χ0v) is 8.58. The molecule has 0 amide bonds. The molecule has 3 nitrogen and oxygen atoms in total. The fourth-order valence-electron chi connectivity index (χ4n) is 1.30. The van der Waals surface area contributed by atoms with Crippen molar-refractivity contribution in [1.29, 1.82) is 0 Å². The molecule has 0 aliphatic rings. The standard InChI is InChI=1S/C9H7BrN2O/c1-6(13)7-3-2-4-12-5-11-9(10)8(7)12/h2-5H,1H3. The average molecular weight is 239 g/mol. The van der Waals surface area contributed by atoms with E-state index in [9.17, 15) is 4.79 Å². The fraction of sp³-hybridized carbons (Fsp3) is 0.111. The number of hydrogen-bond donors (Lipinski definition) is 0. The van der Waals surface area contributed by atoms with Crippen LogP contribution in [0.4, 0.5) is 0 Å². The molecule has 0 spiro atoms. The van der Waals surface area contributed by atoms with Crippen LogP contribution >= 0.6 is 15.9 Å². The zero-order valence-electron chi connectivity index (χ0n) is 6.99. The minimum atomic E-state index is 0.0480. The molecule has 0 fully saturated rings. The average Bonchev–Trinajstić information content (AvgIpc) is 2.48. The summed E-state index contributed by atoms with van der Waals surface area (Å²) >= 11 is 3.30. The number of pyridine rings is 1. The minimum absolute atomic E-state index is 0.0480. The molecule has 0 N–H and O–H groups in total. The second-order valence-corrected chi connectivity index (χ2v) is 3.52. The maximum Gasteiger partial charge on any atom is 0.162 e. The number of Topliss-reactive ketones (excluding diaryl/α,β-unsaturated/α-hetero) is 1. The van der Waals surface area contributed by atoms with Crippen LogP contribution in [0.2, 0.25) is 0 Å².